The van der Waals surface area contributed by atoms with Crippen LogP contribution in [0.3, 0.4) is 0 Å². The van der Waals surface area contributed by atoms with Gasteiger partial charge in [-0.2, -0.15) is 0 Å². The first kappa shape index (κ1) is 11.8. The molecular formula is C11H14N4O4. The van der Waals surface area contributed by atoms with Crippen LogP contribution in [0, 0.1) is 0 Å². The lowest BCUT2D eigenvalue weighted by Crippen LogP contribution is -2.44. The van der Waals surface area contributed by atoms with Gasteiger partial charge in [-0.25, -0.2) is 9.36 Å². The number of carbonyl (C=O) groups is 2. The van der Waals surface area contributed by atoms with E-state index in [9.17, 15) is 14.4 Å². The van der Waals surface area contributed by atoms with Gasteiger partial charge in [0.25, 0.3) is 0 Å². The number of hydrogen-bond donors (Lipinski definition) is 2. The summed E-state index contributed by atoms with van der Waals surface area (Å²) in [4.78, 5) is 35.3. The van der Waals surface area contributed by atoms with Gasteiger partial charge >= 0.3 is 5.69 Å². The molecule has 0 aliphatic carbocycles. The van der Waals surface area contributed by atoms with E-state index >= 15 is 0 Å². The molecule has 1 saturated heterocycles. The van der Waals surface area contributed by atoms with E-state index in [2.05, 4.69) is 10.6 Å². The molecule has 1 fully saturated rings. The summed E-state index contributed by atoms with van der Waals surface area (Å²) < 4.78 is 8.24. The number of carbonyl (C=O) groups excluding carboxylic acids is 2. The zero-order valence-corrected chi connectivity index (χ0v) is 10.4. The molecule has 3 heterocycles. The van der Waals surface area contributed by atoms with Crippen LogP contribution in [-0.2, 0) is 16.6 Å². The average Bonchev–Trinajstić information content (AvgIpc) is 2.64. The second kappa shape index (κ2) is 4.15. The summed E-state index contributed by atoms with van der Waals surface area (Å²) in [6, 6.07) is -0.694. The Hall–Kier alpha value is -2.25. The van der Waals surface area contributed by atoms with Crippen LogP contribution in [0.2, 0.25) is 0 Å². The third kappa shape index (κ3) is 1.71. The molecule has 2 amide bonds. The third-order valence-corrected chi connectivity index (χ3v) is 3.40. The van der Waals surface area contributed by atoms with E-state index in [1.54, 1.807) is 7.05 Å². The van der Waals surface area contributed by atoms with Crippen LogP contribution in [0.1, 0.15) is 18.9 Å². The van der Waals surface area contributed by atoms with Crippen molar-refractivity contribution < 1.29 is 14.3 Å². The van der Waals surface area contributed by atoms with Gasteiger partial charge in [-0.15, -0.1) is 0 Å². The van der Waals surface area contributed by atoms with Gasteiger partial charge in [0.05, 0.1) is 6.54 Å². The summed E-state index contributed by atoms with van der Waals surface area (Å²) in [5.74, 6) is 0.174. The van der Waals surface area contributed by atoms with Gasteiger partial charge in [-0.3, -0.25) is 19.5 Å². The van der Waals surface area contributed by atoms with Crippen molar-refractivity contribution in [1.82, 2.24) is 14.5 Å². The van der Waals surface area contributed by atoms with Crippen molar-refractivity contribution >= 4 is 17.6 Å². The highest BCUT2D eigenvalue weighted by atomic mass is 16.5. The maximum Gasteiger partial charge on any atom is 0.333 e. The van der Waals surface area contributed by atoms with Crippen molar-refractivity contribution in [1.29, 1.82) is 0 Å². The van der Waals surface area contributed by atoms with Crippen molar-refractivity contribution in [2.75, 3.05) is 18.5 Å². The molecule has 8 nitrogen and oxygen atoms in total. The van der Waals surface area contributed by atoms with Crippen molar-refractivity contribution in [3.63, 3.8) is 0 Å². The van der Waals surface area contributed by atoms with Crippen LogP contribution in [0.15, 0.2) is 4.79 Å². The Morgan fingerprint density at radius 3 is 2.84 bits per heavy atom. The summed E-state index contributed by atoms with van der Waals surface area (Å²) in [5, 5.41) is 5.32. The number of nitrogens with zero attached hydrogens (tertiary/aromatic N) is 2. The molecule has 2 N–H and O–H groups in total. The Balaban J connectivity index is 2.08. The number of hydrogen-bond acceptors (Lipinski definition) is 5. The molecule has 1 aromatic heterocycles. The number of nitrogens with one attached hydrogen (secondary N) is 2. The number of piperidine rings is 1. The number of rotatable bonds is 1. The summed E-state index contributed by atoms with van der Waals surface area (Å²) in [5.41, 5.74) is -0.325. The van der Waals surface area contributed by atoms with Crippen molar-refractivity contribution in [2.24, 2.45) is 7.05 Å². The second-order valence-electron chi connectivity index (χ2n) is 4.61. The van der Waals surface area contributed by atoms with E-state index in [0.29, 0.717) is 31.3 Å². The Morgan fingerprint density at radius 2 is 2.11 bits per heavy atom. The lowest BCUT2D eigenvalue weighted by atomic mass is 10.1. The van der Waals surface area contributed by atoms with E-state index in [4.69, 9.17) is 4.74 Å². The van der Waals surface area contributed by atoms with Crippen molar-refractivity contribution in [3.8, 4) is 5.88 Å². The number of aromatic nitrogens is 2. The van der Waals surface area contributed by atoms with Crippen LogP contribution in [-0.4, -0.2) is 34.1 Å². The summed E-state index contributed by atoms with van der Waals surface area (Å²) >= 11 is 0. The van der Waals surface area contributed by atoms with Crippen LogP contribution < -0.4 is 21.1 Å². The minimum absolute atomic E-state index is 0.222. The molecule has 2 aliphatic rings. The zero-order valence-electron chi connectivity index (χ0n) is 10.4. The maximum atomic E-state index is 12.2. The SMILES string of the molecule is Cn1c2c(n(C3CCC(=O)NC3=O)c1=O)OCCN2. The standard InChI is InChI=1S/C11H14N4O4/c1-14-8-10(19-5-4-12-8)15(11(14)18)6-2-3-7(16)13-9(6)17/h6,12H,2-5H2,1H3,(H,13,16,17). The molecule has 1 atom stereocenters. The molecule has 0 radical (unpaired) electrons. The molecule has 1 unspecified atom stereocenters. The average molecular weight is 266 g/mol. The van der Waals surface area contributed by atoms with Gasteiger partial charge in [-0.05, 0) is 6.42 Å². The third-order valence-electron chi connectivity index (χ3n) is 3.40. The first-order chi connectivity index (χ1) is 9.09. The smallest absolute Gasteiger partial charge is 0.333 e. The molecule has 0 saturated carbocycles. The Labute approximate surface area is 108 Å². The molecule has 0 bridgehead atoms. The fourth-order valence-electron chi connectivity index (χ4n) is 2.45. The van der Waals surface area contributed by atoms with Crippen LogP contribution >= 0.6 is 0 Å². The minimum atomic E-state index is -0.694. The molecular weight excluding hydrogens is 252 g/mol. The zero-order chi connectivity index (χ0) is 13.6. The topological polar surface area (TPSA) is 94.4 Å². The number of imide groups is 1. The first-order valence-electron chi connectivity index (χ1n) is 6.11. The quantitative estimate of drug-likeness (QED) is 0.634. The van der Waals surface area contributed by atoms with Crippen molar-refractivity contribution in [3.05, 3.63) is 10.5 Å². The van der Waals surface area contributed by atoms with Crippen LogP contribution in [0.4, 0.5) is 5.82 Å². The van der Waals surface area contributed by atoms with Gasteiger partial charge in [0.2, 0.25) is 17.7 Å². The number of anilines is 1. The van der Waals surface area contributed by atoms with Gasteiger partial charge in [0, 0.05) is 13.5 Å². The number of ether oxygens (including phenoxy) is 1. The predicted octanol–water partition coefficient (Wildman–Crippen LogP) is -1.03. The van der Waals surface area contributed by atoms with E-state index < -0.39 is 11.9 Å². The first-order valence-corrected chi connectivity index (χ1v) is 6.11. The fraction of sp³-hybridized carbons (Fsp3) is 0.545. The molecule has 2 aliphatic heterocycles. The van der Waals surface area contributed by atoms with Gasteiger partial charge < -0.3 is 10.1 Å². The highest BCUT2D eigenvalue weighted by Crippen LogP contribution is 2.30. The number of imidazole rings is 1. The fourth-order valence-corrected chi connectivity index (χ4v) is 2.45. The largest absolute Gasteiger partial charge is 0.474 e. The Bertz CT molecular complexity index is 615. The summed E-state index contributed by atoms with van der Waals surface area (Å²) in [7, 11) is 1.62. The molecule has 8 heteroatoms. The molecule has 3 rings (SSSR count). The van der Waals surface area contributed by atoms with E-state index in [-0.39, 0.29) is 18.0 Å². The lowest BCUT2D eigenvalue weighted by molar-refractivity contribution is -0.135. The molecule has 102 valence electrons. The monoisotopic (exact) mass is 266 g/mol. The Morgan fingerprint density at radius 1 is 1.32 bits per heavy atom. The maximum absolute atomic E-state index is 12.2. The summed E-state index contributed by atoms with van der Waals surface area (Å²) in [6.07, 6.45) is 0.532. The van der Waals surface area contributed by atoms with E-state index in [1.165, 1.54) is 9.13 Å². The summed E-state index contributed by atoms with van der Waals surface area (Å²) in [6.45, 7) is 1.05. The van der Waals surface area contributed by atoms with Gasteiger partial charge in [0.1, 0.15) is 12.6 Å². The van der Waals surface area contributed by atoms with E-state index in [1.807, 2.05) is 0 Å². The molecule has 0 aromatic carbocycles. The van der Waals surface area contributed by atoms with Crippen LogP contribution in [0.25, 0.3) is 0 Å². The Kier molecular flexibility index (Phi) is 2.58. The number of fused-ring (bicyclic) bond motifs is 1. The molecule has 19 heavy (non-hydrogen) atoms. The van der Waals surface area contributed by atoms with Gasteiger partial charge in [-0.1, -0.05) is 0 Å². The van der Waals surface area contributed by atoms with E-state index in [0.717, 1.165) is 0 Å². The predicted molar refractivity (Wildman–Crippen MR) is 65.1 cm³/mol. The minimum Gasteiger partial charge on any atom is -0.474 e. The lowest BCUT2D eigenvalue weighted by Gasteiger charge is -2.24. The highest BCUT2D eigenvalue weighted by Gasteiger charge is 2.34. The molecule has 0 spiro atoms. The normalized spacial score (nSPS) is 22.3. The van der Waals surface area contributed by atoms with Crippen molar-refractivity contribution in [2.45, 2.75) is 18.9 Å². The number of amides is 2. The highest BCUT2D eigenvalue weighted by molar-refractivity contribution is 5.99. The second-order valence-corrected chi connectivity index (χ2v) is 4.61. The molecule has 1 aromatic rings. The van der Waals surface area contributed by atoms with Crippen LogP contribution in [0.5, 0.6) is 5.88 Å². The van der Waals surface area contributed by atoms with Gasteiger partial charge in [0.15, 0.2) is 5.82 Å².